The highest BCUT2D eigenvalue weighted by Gasteiger charge is 2.29. The molecule has 1 amide bonds. The van der Waals surface area contributed by atoms with Crippen molar-refractivity contribution in [1.29, 1.82) is 5.26 Å². The molecule has 1 aliphatic heterocycles. The molecule has 1 aliphatic rings. The highest BCUT2D eigenvalue weighted by Crippen LogP contribution is 2.25. The zero-order valence-corrected chi connectivity index (χ0v) is 24.4. The van der Waals surface area contributed by atoms with Crippen molar-refractivity contribution in [2.75, 3.05) is 25.1 Å². The number of aromatic nitrogens is 4. The van der Waals surface area contributed by atoms with E-state index >= 15 is 0 Å². The number of hydrogen-bond acceptors (Lipinski definition) is 9. The molecule has 0 spiro atoms. The molecular formula is C29H35N7O6. The van der Waals surface area contributed by atoms with Crippen LogP contribution in [0.15, 0.2) is 46.0 Å². The Morgan fingerprint density at radius 3 is 2.64 bits per heavy atom. The van der Waals surface area contributed by atoms with E-state index in [9.17, 15) is 24.4 Å². The summed E-state index contributed by atoms with van der Waals surface area (Å²) in [6.45, 7) is 6.36. The number of esters is 1. The van der Waals surface area contributed by atoms with E-state index in [1.165, 1.54) is 24.8 Å². The number of rotatable bonds is 7. The predicted octanol–water partition coefficient (Wildman–Crippen LogP) is 2.04. The number of methoxy groups -OCH3 is 1. The maximum atomic E-state index is 13.8. The third-order valence-electron chi connectivity index (χ3n) is 6.85. The molecule has 2 aromatic heterocycles. The molecule has 13 nitrogen and oxygen atoms in total. The van der Waals surface area contributed by atoms with E-state index in [1.807, 2.05) is 11.0 Å². The summed E-state index contributed by atoms with van der Waals surface area (Å²) in [5.41, 5.74) is -0.351. The zero-order chi connectivity index (χ0) is 30.6. The van der Waals surface area contributed by atoms with Gasteiger partial charge in [0, 0.05) is 38.8 Å². The minimum atomic E-state index is -0.642. The first kappa shape index (κ1) is 30.1. The van der Waals surface area contributed by atoms with Gasteiger partial charge in [-0.15, -0.1) is 0 Å². The standard InChI is InChI=1S/C29H35N7O6/c1-29(2,3)42-27(39)31-21-12-8-14-34(18-21)26-32-24-23(36(26)17-20-11-7-6-10-19(20)16-30)25(38)35(28(40)33(24)4)15-9-13-22(37)41-5/h6-7,9-11,13,21H,8,12,14-15,17-18H2,1-5H3,(H,31,39)/b13-9+. The van der Waals surface area contributed by atoms with Gasteiger partial charge in [0.2, 0.25) is 5.95 Å². The molecule has 222 valence electrons. The molecule has 1 fully saturated rings. The number of fused-ring (bicyclic) bond motifs is 1. The number of aryl methyl sites for hydroxylation is 1. The lowest BCUT2D eigenvalue weighted by Crippen LogP contribution is -2.49. The molecule has 0 radical (unpaired) electrons. The molecule has 4 rings (SSSR count). The summed E-state index contributed by atoms with van der Waals surface area (Å²) in [5.74, 6) is -0.176. The van der Waals surface area contributed by atoms with E-state index in [2.05, 4.69) is 16.1 Å². The van der Waals surface area contributed by atoms with Gasteiger partial charge >= 0.3 is 17.8 Å². The fraction of sp³-hybridized carbons (Fsp3) is 0.448. The molecule has 3 heterocycles. The van der Waals surface area contributed by atoms with Crippen molar-refractivity contribution in [1.82, 2.24) is 24.0 Å². The summed E-state index contributed by atoms with van der Waals surface area (Å²) >= 11 is 0. The second-order valence-corrected chi connectivity index (χ2v) is 11.1. The summed E-state index contributed by atoms with van der Waals surface area (Å²) in [5, 5.41) is 12.7. The Hall–Kier alpha value is -4.86. The molecular weight excluding hydrogens is 542 g/mol. The van der Waals surface area contributed by atoms with Crippen molar-refractivity contribution in [3.8, 4) is 6.07 Å². The smallest absolute Gasteiger partial charge is 0.407 e. The molecule has 42 heavy (non-hydrogen) atoms. The molecule has 1 saturated heterocycles. The number of anilines is 1. The molecule has 0 aliphatic carbocycles. The van der Waals surface area contributed by atoms with Crippen molar-refractivity contribution in [3.05, 3.63) is 68.4 Å². The van der Waals surface area contributed by atoms with Gasteiger partial charge in [0.25, 0.3) is 5.56 Å². The normalized spacial score (nSPS) is 15.5. The number of carbonyl (C=O) groups excluding carboxylic acids is 2. The molecule has 0 saturated carbocycles. The summed E-state index contributed by atoms with van der Waals surface area (Å²) in [6, 6.07) is 9.02. The predicted molar refractivity (Wildman–Crippen MR) is 155 cm³/mol. The highest BCUT2D eigenvalue weighted by molar-refractivity contribution is 5.81. The molecule has 13 heteroatoms. The van der Waals surface area contributed by atoms with Crippen LogP contribution in [0.25, 0.3) is 11.2 Å². The third kappa shape index (κ3) is 6.54. The number of carbonyl (C=O) groups is 2. The Bertz CT molecular complexity index is 1690. The van der Waals surface area contributed by atoms with Crippen LogP contribution in [0.4, 0.5) is 10.7 Å². The van der Waals surface area contributed by atoms with Gasteiger partial charge in [-0.3, -0.25) is 18.5 Å². The van der Waals surface area contributed by atoms with Gasteiger partial charge in [0.1, 0.15) is 5.60 Å². The monoisotopic (exact) mass is 577 g/mol. The Balaban J connectivity index is 1.82. The lowest BCUT2D eigenvalue weighted by atomic mass is 10.1. The quantitative estimate of drug-likeness (QED) is 0.328. The molecule has 1 N–H and O–H groups in total. The molecule has 1 atom stereocenters. The summed E-state index contributed by atoms with van der Waals surface area (Å²) in [4.78, 5) is 57.8. The average molecular weight is 578 g/mol. The number of nitrogens with one attached hydrogen (secondary N) is 1. The average Bonchev–Trinajstić information content (AvgIpc) is 3.32. The fourth-order valence-corrected chi connectivity index (χ4v) is 4.92. The summed E-state index contributed by atoms with van der Waals surface area (Å²) < 4.78 is 14.1. The van der Waals surface area contributed by atoms with Gasteiger partial charge in [0.05, 0.1) is 25.3 Å². The number of benzene rings is 1. The second kappa shape index (κ2) is 12.3. The Morgan fingerprint density at radius 1 is 1.21 bits per heavy atom. The van der Waals surface area contributed by atoms with Gasteiger partial charge in [-0.2, -0.15) is 10.2 Å². The number of imidazole rings is 1. The second-order valence-electron chi connectivity index (χ2n) is 11.1. The largest absolute Gasteiger partial charge is 0.466 e. The van der Waals surface area contributed by atoms with Crippen LogP contribution in [0.3, 0.4) is 0 Å². The number of amides is 1. The number of nitriles is 1. The van der Waals surface area contributed by atoms with E-state index in [1.54, 1.807) is 43.5 Å². The first-order chi connectivity index (χ1) is 19.9. The number of ether oxygens (including phenoxy) is 2. The Kier molecular flexibility index (Phi) is 8.84. The number of allylic oxidation sites excluding steroid dienone is 1. The van der Waals surface area contributed by atoms with Gasteiger partial charge in [0.15, 0.2) is 11.2 Å². The number of piperidine rings is 1. The van der Waals surface area contributed by atoms with Crippen molar-refractivity contribution in [3.63, 3.8) is 0 Å². The zero-order valence-electron chi connectivity index (χ0n) is 24.4. The van der Waals surface area contributed by atoms with Gasteiger partial charge in [-0.05, 0) is 45.2 Å². The van der Waals surface area contributed by atoms with Crippen LogP contribution < -0.4 is 21.5 Å². The van der Waals surface area contributed by atoms with E-state index in [4.69, 9.17) is 9.72 Å². The maximum absolute atomic E-state index is 13.8. The first-order valence-electron chi connectivity index (χ1n) is 13.6. The topological polar surface area (TPSA) is 153 Å². The van der Waals surface area contributed by atoms with Crippen LogP contribution in [0.5, 0.6) is 0 Å². The SMILES string of the molecule is COC(=O)/C=C/Cn1c(=O)c2c(nc(N3CCCC(NC(=O)OC(C)(C)C)C3)n2Cc2ccccc2C#N)n(C)c1=O. The number of nitrogens with zero attached hydrogens (tertiary/aromatic N) is 6. The van der Waals surface area contributed by atoms with Crippen LogP contribution in [0.2, 0.25) is 0 Å². The highest BCUT2D eigenvalue weighted by atomic mass is 16.6. The third-order valence-corrected chi connectivity index (χ3v) is 6.85. The molecule has 1 unspecified atom stereocenters. The van der Waals surface area contributed by atoms with Crippen molar-refractivity contribution < 1.29 is 19.1 Å². The molecule has 3 aromatic rings. The van der Waals surface area contributed by atoms with E-state index in [-0.39, 0.29) is 30.3 Å². The van der Waals surface area contributed by atoms with Crippen LogP contribution in [0.1, 0.15) is 44.7 Å². The summed E-state index contributed by atoms with van der Waals surface area (Å²) in [6.07, 6.45) is 3.47. The fourth-order valence-electron chi connectivity index (χ4n) is 4.92. The van der Waals surface area contributed by atoms with Crippen molar-refractivity contribution in [2.24, 2.45) is 7.05 Å². The molecule has 1 aromatic carbocycles. The number of alkyl carbamates (subject to hydrolysis) is 1. The van der Waals surface area contributed by atoms with E-state index in [0.29, 0.717) is 30.2 Å². The van der Waals surface area contributed by atoms with Gasteiger partial charge < -0.3 is 19.7 Å². The van der Waals surface area contributed by atoms with Crippen LogP contribution in [-0.4, -0.2) is 62.6 Å². The van der Waals surface area contributed by atoms with Crippen LogP contribution in [0, 0.1) is 11.3 Å². The lowest BCUT2D eigenvalue weighted by molar-refractivity contribution is -0.134. The summed E-state index contributed by atoms with van der Waals surface area (Å²) in [7, 11) is 2.76. The maximum Gasteiger partial charge on any atom is 0.407 e. The minimum Gasteiger partial charge on any atom is -0.466 e. The van der Waals surface area contributed by atoms with Crippen molar-refractivity contribution >= 4 is 29.2 Å². The van der Waals surface area contributed by atoms with Crippen LogP contribution in [-0.2, 0) is 34.4 Å². The van der Waals surface area contributed by atoms with Crippen molar-refractivity contribution in [2.45, 2.75) is 58.3 Å². The Morgan fingerprint density at radius 2 is 1.95 bits per heavy atom. The lowest BCUT2D eigenvalue weighted by Gasteiger charge is -2.34. The Labute approximate surface area is 242 Å². The first-order valence-corrected chi connectivity index (χ1v) is 13.6. The van der Waals surface area contributed by atoms with E-state index in [0.717, 1.165) is 23.5 Å². The van der Waals surface area contributed by atoms with Crippen LogP contribution >= 0.6 is 0 Å². The molecule has 0 bridgehead atoms. The number of hydrogen-bond donors (Lipinski definition) is 1. The van der Waals surface area contributed by atoms with Gasteiger partial charge in [-0.25, -0.2) is 14.4 Å². The minimum absolute atomic E-state index is 0.141. The van der Waals surface area contributed by atoms with E-state index < -0.39 is 28.9 Å². The van der Waals surface area contributed by atoms with Gasteiger partial charge in [-0.1, -0.05) is 24.3 Å².